The molecule has 0 radical (unpaired) electrons. The molecular formula is C12H23NO2. The lowest BCUT2D eigenvalue weighted by Crippen LogP contribution is -2.47. The van der Waals surface area contributed by atoms with E-state index in [1.807, 2.05) is 0 Å². The highest BCUT2D eigenvalue weighted by Crippen LogP contribution is 2.24. The first-order valence-corrected chi connectivity index (χ1v) is 6.03. The van der Waals surface area contributed by atoms with E-state index in [-0.39, 0.29) is 12.0 Å². The van der Waals surface area contributed by atoms with E-state index in [1.54, 1.807) is 0 Å². The van der Waals surface area contributed by atoms with Crippen LogP contribution in [0, 0.1) is 11.8 Å². The number of hydrogen-bond acceptors (Lipinski definition) is 2. The third-order valence-corrected chi connectivity index (χ3v) is 3.68. The van der Waals surface area contributed by atoms with Gasteiger partial charge in [-0.05, 0) is 32.2 Å². The molecule has 1 unspecified atom stereocenters. The van der Waals surface area contributed by atoms with Crippen molar-refractivity contribution in [2.75, 3.05) is 13.1 Å². The van der Waals surface area contributed by atoms with Crippen molar-refractivity contribution in [3.05, 3.63) is 0 Å². The number of piperidine rings is 1. The summed E-state index contributed by atoms with van der Waals surface area (Å²) in [7, 11) is 0. The minimum absolute atomic E-state index is 0.164. The van der Waals surface area contributed by atoms with Gasteiger partial charge in [-0.3, -0.25) is 9.69 Å². The van der Waals surface area contributed by atoms with Crippen LogP contribution >= 0.6 is 0 Å². The van der Waals surface area contributed by atoms with Gasteiger partial charge in [-0.25, -0.2) is 0 Å². The van der Waals surface area contributed by atoms with Crippen LogP contribution in [0.3, 0.4) is 0 Å². The molecule has 1 fully saturated rings. The average Bonchev–Trinajstić information content (AvgIpc) is 2.20. The molecule has 0 amide bonds. The normalized spacial score (nSPS) is 30.1. The molecule has 0 aliphatic carbocycles. The molecule has 0 bridgehead atoms. The molecule has 3 atom stereocenters. The first-order chi connectivity index (χ1) is 7.06. The first kappa shape index (κ1) is 12.5. The summed E-state index contributed by atoms with van der Waals surface area (Å²) in [6.07, 6.45) is 3.03. The molecule has 1 aliphatic rings. The zero-order valence-electron chi connectivity index (χ0n) is 10.1. The molecule has 1 N–H and O–H groups in total. The SMILES string of the molecule is CCC(C)CN1CCC[C@H](C(=O)O)[C@@H]1C. The Bertz CT molecular complexity index is 218. The van der Waals surface area contributed by atoms with Gasteiger partial charge < -0.3 is 5.11 Å². The van der Waals surface area contributed by atoms with Crippen LogP contribution in [-0.4, -0.2) is 35.1 Å². The van der Waals surface area contributed by atoms with Gasteiger partial charge in [0.2, 0.25) is 0 Å². The summed E-state index contributed by atoms with van der Waals surface area (Å²) in [5.41, 5.74) is 0. The van der Waals surface area contributed by atoms with Crippen molar-refractivity contribution in [2.45, 2.75) is 46.1 Å². The van der Waals surface area contributed by atoms with Crippen molar-refractivity contribution in [3.8, 4) is 0 Å². The second-order valence-electron chi connectivity index (χ2n) is 4.84. The monoisotopic (exact) mass is 213 g/mol. The topological polar surface area (TPSA) is 40.5 Å². The smallest absolute Gasteiger partial charge is 0.308 e. The highest BCUT2D eigenvalue weighted by atomic mass is 16.4. The Balaban J connectivity index is 2.54. The second-order valence-corrected chi connectivity index (χ2v) is 4.84. The largest absolute Gasteiger partial charge is 0.481 e. The third kappa shape index (κ3) is 3.20. The van der Waals surface area contributed by atoms with Crippen LogP contribution in [0.5, 0.6) is 0 Å². The van der Waals surface area contributed by atoms with Crippen LogP contribution in [0.1, 0.15) is 40.0 Å². The number of hydrogen-bond donors (Lipinski definition) is 1. The van der Waals surface area contributed by atoms with E-state index in [4.69, 9.17) is 5.11 Å². The highest BCUT2D eigenvalue weighted by molar-refractivity contribution is 5.70. The van der Waals surface area contributed by atoms with Crippen LogP contribution in [0.2, 0.25) is 0 Å². The van der Waals surface area contributed by atoms with Gasteiger partial charge in [0.25, 0.3) is 0 Å². The van der Waals surface area contributed by atoms with Crippen molar-refractivity contribution in [1.82, 2.24) is 4.90 Å². The predicted molar refractivity (Wildman–Crippen MR) is 60.8 cm³/mol. The molecule has 1 heterocycles. The number of carboxylic acids is 1. The van der Waals surface area contributed by atoms with E-state index in [9.17, 15) is 4.79 Å². The molecule has 1 saturated heterocycles. The number of likely N-dealkylation sites (tertiary alicyclic amines) is 1. The summed E-state index contributed by atoms with van der Waals surface area (Å²) >= 11 is 0. The Morgan fingerprint density at radius 1 is 1.60 bits per heavy atom. The lowest BCUT2D eigenvalue weighted by molar-refractivity contribution is -0.145. The molecule has 1 rings (SSSR count). The van der Waals surface area contributed by atoms with Gasteiger partial charge in [0.05, 0.1) is 5.92 Å². The molecule has 3 nitrogen and oxygen atoms in total. The standard InChI is InChI=1S/C12H23NO2/c1-4-9(2)8-13-7-5-6-11(10(13)3)12(14)15/h9-11H,4-8H2,1-3H3,(H,14,15)/t9?,10-,11-/m0/s1. The van der Waals surface area contributed by atoms with Gasteiger partial charge >= 0.3 is 5.97 Å². The van der Waals surface area contributed by atoms with Crippen molar-refractivity contribution < 1.29 is 9.90 Å². The first-order valence-electron chi connectivity index (χ1n) is 6.03. The summed E-state index contributed by atoms with van der Waals surface area (Å²) in [4.78, 5) is 13.4. The Morgan fingerprint density at radius 3 is 2.80 bits per heavy atom. The van der Waals surface area contributed by atoms with Gasteiger partial charge in [-0.2, -0.15) is 0 Å². The fourth-order valence-electron chi connectivity index (χ4n) is 2.33. The van der Waals surface area contributed by atoms with Gasteiger partial charge in [-0.1, -0.05) is 20.3 Å². The van der Waals surface area contributed by atoms with Crippen molar-refractivity contribution >= 4 is 5.97 Å². The maximum Gasteiger partial charge on any atom is 0.308 e. The Labute approximate surface area is 92.5 Å². The molecule has 88 valence electrons. The summed E-state index contributed by atoms with van der Waals surface area (Å²) in [6, 6.07) is 0.199. The van der Waals surface area contributed by atoms with Crippen molar-refractivity contribution in [3.63, 3.8) is 0 Å². The third-order valence-electron chi connectivity index (χ3n) is 3.68. The minimum atomic E-state index is -0.628. The molecule has 3 heteroatoms. The van der Waals surface area contributed by atoms with Gasteiger partial charge in [0.15, 0.2) is 0 Å². The van der Waals surface area contributed by atoms with E-state index < -0.39 is 5.97 Å². The summed E-state index contributed by atoms with van der Waals surface area (Å²) in [5.74, 6) is -0.126. The molecular weight excluding hydrogens is 190 g/mol. The van der Waals surface area contributed by atoms with E-state index in [0.717, 1.165) is 25.9 Å². The predicted octanol–water partition coefficient (Wildman–Crippen LogP) is 2.22. The van der Waals surface area contributed by atoms with Crippen molar-refractivity contribution in [1.29, 1.82) is 0 Å². The van der Waals surface area contributed by atoms with Crippen molar-refractivity contribution in [2.24, 2.45) is 11.8 Å². The highest BCUT2D eigenvalue weighted by Gasteiger charge is 2.32. The second kappa shape index (κ2) is 5.50. The van der Waals surface area contributed by atoms with Crippen LogP contribution in [0.25, 0.3) is 0 Å². The molecule has 0 saturated carbocycles. The Hall–Kier alpha value is -0.570. The van der Waals surface area contributed by atoms with E-state index in [0.29, 0.717) is 5.92 Å². The Morgan fingerprint density at radius 2 is 2.27 bits per heavy atom. The van der Waals surface area contributed by atoms with Gasteiger partial charge in [0.1, 0.15) is 0 Å². The van der Waals surface area contributed by atoms with Crippen LogP contribution in [0.15, 0.2) is 0 Å². The lowest BCUT2D eigenvalue weighted by Gasteiger charge is -2.38. The molecule has 0 aromatic heterocycles. The zero-order chi connectivity index (χ0) is 11.4. The average molecular weight is 213 g/mol. The number of carboxylic acid groups (broad SMARTS) is 1. The molecule has 0 spiro atoms. The van der Waals surface area contributed by atoms with Crippen LogP contribution < -0.4 is 0 Å². The van der Waals surface area contributed by atoms with Crippen LogP contribution in [0.4, 0.5) is 0 Å². The molecule has 15 heavy (non-hydrogen) atoms. The van der Waals surface area contributed by atoms with Crippen LogP contribution in [-0.2, 0) is 4.79 Å². The molecule has 0 aromatic carbocycles. The quantitative estimate of drug-likeness (QED) is 0.778. The number of aliphatic carboxylic acids is 1. The summed E-state index contributed by atoms with van der Waals surface area (Å²) in [5, 5.41) is 9.09. The number of nitrogens with zero attached hydrogens (tertiary/aromatic N) is 1. The number of carbonyl (C=O) groups is 1. The fourth-order valence-corrected chi connectivity index (χ4v) is 2.33. The zero-order valence-corrected chi connectivity index (χ0v) is 10.1. The molecule has 1 aliphatic heterocycles. The van der Waals surface area contributed by atoms with Gasteiger partial charge in [0, 0.05) is 12.6 Å². The minimum Gasteiger partial charge on any atom is -0.481 e. The van der Waals surface area contributed by atoms with E-state index in [2.05, 4.69) is 25.7 Å². The maximum absolute atomic E-state index is 11.0. The lowest BCUT2D eigenvalue weighted by atomic mass is 9.89. The maximum atomic E-state index is 11.0. The van der Waals surface area contributed by atoms with E-state index >= 15 is 0 Å². The summed E-state index contributed by atoms with van der Waals surface area (Å²) < 4.78 is 0. The Kier molecular flexibility index (Phi) is 4.58. The fraction of sp³-hybridized carbons (Fsp3) is 0.917. The molecule has 0 aromatic rings. The van der Waals surface area contributed by atoms with E-state index in [1.165, 1.54) is 6.42 Å². The summed E-state index contributed by atoms with van der Waals surface area (Å²) in [6.45, 7) is 8.59. The number of rotatable bonds is 4. The van der Waals surface area contributed by atoms with Gasteiger partial charge in [-0.15, -0.1) is 0 Å².